The molecule has 3 rings (SSSR count). The normalized spacial score (nSPS) is 25.5. The first kappa shape index (κ1) is 18.5. The summed E-state index contributed by atoms with van der Waals surface area (Å²) in [5, 5.41) is 0. The van der Waals surface area contributed by atoms with Crippen LogP contribution in [0.2, 0.25) is 0 Å². The zero-order valence-electron chi connectivity index (χ0n) is 14.9. The number of hydrogen-bond donors (Lipinski definition) is 0. The summed E-state index contributed by atoms with van der Waals surface area (Å²) < 4.78 is 27.9. The summed E-state index contributed by atoms with van der Waals surface area (Å²) in [5.41, 5.74) is -0.200. The lowest BCUT2D eigenvalue weighted by Gasteiger charge is -2.18. The highest BCUT2D eigenvalue weighted by molar-refractivity contribution is 5.13. The fraction of sp³-hybridized carbons (Fsp3) is 0.474. The third-order valence-electron chi connectivity index (χ3n) is 4.78. The van der Waals surface area contributed by atoms with Crippen molar-refractivity contribution in [2.75, 3.05) is 0 Å². The second-order valence-corrected chi connectivity index (χ2v) is 6.51. The van der Waals surface area contributed by atoms with Crippen molar-refractivity contribution in [2.24, 2.45) is 5.92 Å². The van der Waals surface area contributed by atoms with E-state index in [2.05, 4.69) is 0 Å². The Labute approximate surface area is 150 Å². The number of aromatic nitrogens is 2. The van der Waals surface area contributed by atoms with Gasteiger partial charge in [-0.1, -0.05) is 44.2 Å². The van der Waals surface area contributed by atoms with Gasteiger partial charge in [-0.15, -0.1) is 0 Å². The Kier molecular flexibility index (Phi) is 5.68. The third-order valence-corrected chi connectivity index (χ3v) is 4.78. The van der Waals surface area contributed by atoms with Crippen LogP contribution in [0.3, 0.4) is 0 Å². The fourth-order valence-corrected chi connectivity index (χ4v) is 3.20. The van der Waals surface area contributed by atoms with Crippen LogP contribution in [-0.4, -0.2) is 21.4 Å². The van der Waals surface area contributed by atoms with E-state index < -0.39 is 23.6 Å². The van der Waals surface area contributed by atoms with Crippen LogP contribution in [0.5, 0.6) is 0 Å². The van der Waals surface area contributed by atoms with Gasteiger partial charge >= 0.3 is 5.69 Å². The minimum absolute atomic E-state index is 0.205. The van der Waals surface area contributed by atoms with Crippen molar-refractivity contribution in [3.8, 4) is 0 Å². The number of benzene rings is 1. The van der Waals surface area contributed by atoms with Gasteiger partial charge in [0.25, 0.3) is 5.56 Å². The van der Waals surface area contributed by atoms with Crippen LogP contribution in [-0.2, 0) is 22.8 Å². The molecule has 1 aliphatic heterocycles. The molecule has 0 aliphatic carbocycles. The average molecular weight is 362 g/mol. The lowest BCUT2D eigenvalue weighted by atomic mass is 10.00. The van der Waals surface area contributed by atoms with Gasteiger partial charge in [0, 0.05) is 18.2 Å². The first-order valence-corrected chi connectivity index (χ1v) is 8.76. The molecule has 0 spiro atoms. The van der Waals surface area contributed by atoms with Crippen molar-refractivity contribution in [3.63, 3.8) is 0 Å². The Morgan fingerprint density at radius 2 is 1.92 bits per heavy atom. The predicted octanol–water partition coefficient (Wildman–Crippen LogP) is 2.47. The first-order chi connectivity index (χ1) is 12.5. The molecule has 2 aromatic rings. The molecule has 1 aliphatic rings. The zero-order chi connectivity index (χ0) is 18.7. The molecular weight excluding hydrogens is 339 g/mol. The van der Waals surface area contributed by atoms with Crippen LogP contribution in [0.15, 0.2) is 52.2 Å². The minimum atomic E-state index is -1.31. The third kappa shape index (κ3) is 3.64. The number of ether oxygens (including phenoxy) is 2. The number of nitrogens with zero attached hydrogens (tertiary/aromatic N) is 2. The Morgan fingerprint density at radius 3 is 2.58 bits per heavy atom. The van der Waals surface area contributed by atoms with Crippen molar-refractivity contribution < 1.29 is 13.9 Å². The molecule has 26 heavy (non-hydrogen) atoms. The Balaban J connectivity index is 1.79. The zero-order valence-corrected chi connectivity index (χ0v) is 14.9. The van der Waals surface area contributed by atoms with Crippen LogP contribution in [0.1, 0.15) is 32.1 Å². The second kappa shape index (κ2) is 7.97. The van der Waals surface area contributed by atoms with E-state index in [-0.39, 0.29) is 25.4 Å². The average Bonchev–Trinajstić information content (AvgIpc) is 2.93. The molecule has 0 radical (unpaired) electrons. The maximum absolute atomic E-state index is 14.6. The van der Waals surface area contributed by atoms with E-state index in [1.807, 2.05) is 37.3 Å². The largest absolute Gasteiger partial charge is 0.356 e. The number of hydrogen-bond acceptors (Lipinski definition) is 4. The number of rotatable bonds is 6. The van der Waals surface area contributed by atoms with E-state index in [1.165, 1.54) is 12.3 Å². The lowest BCUT2D eigenvalue weighted by Crippen LogP contribution is -2.42. The van der Waals surface area contributed by atoms with Gasteiger partial charge in [-0.3, -0.25) is 9.36 Å². The highest BCUT2D eigenvalue weighted by atomic mass is 19.1. The second-order valence-electron chi connectivity index (χ2n) is 6.51. The molecule has 1 fully saturated rings. The van der Waals surface area contributed by atoms with Crippen molar-refractivity contribution in [1.82, 2.24) is 9.13 Å². The fourth-order valence-electron chi connectivity index (χ4n) is 3.20. The van der Waals surface area contributed by atoms with Gasteiger partial charge < -0.3 is 9.47 Å². The summed E-state index contributed by atoms with van der Waals surface area (Å²) in [6.45, 7) is 3.74. The summed E-state index contributed by atoms with van der Waals surface area (Å²) in [6, 6.07) is 10.7. The van der Waals surface area contributed by atoms with Crippen molar-refractivity contribution in [2.45, 2.75) is 52.1 Å². The SMILES string of the molecule is CC[C@@H]1O[C@@H](n2ccc(=O)n(COCc3ccccc3)c2=O)[C@@H](F)[C@@H]1C. The van der Waals surface area contributed by atoms with Gasteiger partial charge in [0.1, 0.15) is 6.73 Å². The van der Waals surface area contributed by atoms with Crippen molar-refractivity contribution in [1.29, 1.82) is 0 Å². The summed E-state index contributed by atoms with van der Waals surface area (Å²) in [5.74, 6) is -0.313. The van der Waals surface area contributed by atoms with Gasteiger partial charge in [-0.2, -0.15) is 0 Å². The summed E-state index contributed by atoms with van der Waals surface area (Å²) >= 11 is 0. The van der Waals surface area contributed by atoms with Gasteiger partial charge in [-0.05, 0) is 12.0 Å². The van der Waals surface area contributed by atoms with E-state index in [4.69, 9.17) is 9.47 Å². The molecule has 140 valence electrons. The van der Waals surface area contributed by atoms with E-state index >= 15 is 0 Å². The Bertz CT molecular complexity index is 849. The molecule has 0 unspecified atom stereocenters. The highest BCUT2D eigenvalue weighted by Crippen LogP contribution is 2.36. The molecular formula is C19H23FN2O4. The molecule has 1 aromatic carbocycles. The monoisotopic (exact) mass is 362 g/mol. The standard InChI is InChI=1S/C19H23FN2O4/c1-3-15-13(2)17(20)18(26-15)21-10-9-16(23)22(19(21)24)12-25-11-14-7-5-4-6-8-14/h4-10,13,15,17-18H,3,11-12H2,1-2H3/t13-,15+,17+,18-/m1/s1. The summed E-state index contributed by atoms with van der Waals surface area (Å²) in [4.78, 5) is 24.7. The van der Waals surface area contributed by atoms with Crippen LogP contribution < -0.4 is 11.2 Å². The molecule has 6 nitrogen and oxygen atoms in total. The van der Waals surface area contributed by atoms with Gasteiger partial charge in [0.05, 0.1) is 12.7 Å². The quantitative estimate of drug-likeness (QED) is 0.792. The van der Waals surface area contributed by atoms with Crippen LogP contribution in [0.4, 0.5) is 4.39 Å². The first-order valence-electron chi connectivity index (χ1n) is 8.76. The highest BCUT2D eigenvalue weighted by Gasteiger charge is 2.42. The smallest absolute Gasteiger partial charge is 0.335 e. The molecule has 0 amide bonds. The van der Waals surface area contributed by atoms with E-state index in [0.29, 0.717) is 6.42 Å². The molecule has 0 N–H and O–H groups in total. The van der Waals surface area contributed by atoms with Crippen molar-refractivity contribution >= 4 is 0 Å². The van der Waals surface area contributed by atoms with Crippen LogP contribution in [0.25, 0.3) is 0 Å². The molecule has 0 bridgehead atoms. The topological polar surface area (TPSA) is 62.5 Å². The Hall–Kier alpha value is -2.25. The summed E-state index contributed by atoms with van der Waals surface area (Å²) in [6.07, 6.45) is -0.638. The van der Waals surface area contributed by atoms with E-state index in [9.17, 15) is 14.0 Å². The molecule has 1 saturated heterocycles. The molecule has 0 saturated carbocycles. The maximum Gasteiger partial charge on any atom is 0.335 e. The van der Waals surface area contributed by atoms with Gasteiger partial charge in [-0.25, -0.2) is 13.8 Å². The van der Waals surface area contributed by atoms with Crippen molar-refractivity contribution in [3.05, 3.63) is 69.0 Å². The Morgan fingerprint density at radius 1 is 1.19 bits per heavy atom. The van der Waals surface area contributed by atoms with Gasteiger partial charge in [0.2, 0.25) is 0 Å². The molecule has 2 heterocycles. The van der Waals surface area contributed by atoms with E-state index in [1.54, 1.807) is 6.92 Å². The minimum Gasteiger partial charge on any atom is -0.356 e. The number of halogens is 1. The molecule has 4 atom stereocenters. The number of alkyl halides is 1. The van der Waals surface area contributed by atoms with Gasteiger partial charge in [0.15, 0.2) is 12.4 Å². The summed E-state index contributed by atoms with van der Waals surface area (Å²) in [7, 11) is 0. The maximum atomic E-state index is 14.6. The molecule has 1 aromatic heterocycles. The van der Waals surface area contributed by atoms with Crippen LogP contribution >= 0.6 is 0 Å². The van der Waals surface area contributed by atoms with E-state index in [0.717, 1.165) is 14.7 Å². The van der Waals surface area contributed by atoms with Crippen LogP contribution in [0, 0.1) is 5.92 Å². The predicted molar refractivity (Wildman–Crippen MR) is 94.5 cm³/mol. The molecule has 7 heteroatoms. The lowest BCUT2D eigenvalue weighted by molar-refractivity contribution is -0.0263.